The maximum absolute atomic E-state index is 13.7. The van der Waals surface area contributed by atoms with Crippen LogP contribution in [0.5, 0.6) is 0 Å². The first-order valence-corrected chi connectivity index (χ1v) is 9.02. The molecule has 142 valence electrons. The van der Waals surface area contributed by atoms with E-state index in [-0.39, 0.29) is 24.7 Å². The molecule has 0 saturated heterocycles. The van der Waals surface area contributed by atoms with E-state index in [2.05, 4.69) is 10.6 Å². The summed E-state index contributed by atoms with van der Waals surface area (Å²) >= 11 is 0. The second kappa shape index (κ2) is 9.46. The van der Waals surface area contributed by atoms with E-state index in [4.69, 9.17) is 0 Å². The molecule has 2 N–H and O–H groups in total. The fourth-order valence-corrected chi connectivity index (χ4v) is 2.88. The van der Waals surface area contributed by atoms with Gasteiger partial charge in [0.1, 0.15) is 12.0 Å². The van der Waals surface area contributed by atoms with E-state index < -0.39 is 12.0 Å². The number of hydrogen-bond acceptors (Lipinski definition) is 2. The minimum absolute atomic E-state index is 0.168. The van der Waals surface area contributed by atoms with Crippen LogP contribution in [0, 0.1) is 5.82 Å². The second-order valence-electron chi connectivity index (χ2n) is 6.45. The summed E-state index contributed by atoms with van der Waals surface area (Å²) < 4.78 is 13.7. The molecule has 3 aromatic carbocycles. The number of hydrogen-bond donors (Lipinski definition) is 2. The average molecular weight is 376 g/mol. The summed E-state index contributed by atoms with van der Waals surface area (Å²) in [5, 5.41) is 5.58. The van der Waals surface area contributed by atoms with Crippen molar-refractivity contribution in [3.63, 3.8) is 0 Å². The van der Waals surface area contributed by atoms with Crippen LogP contribution in [0.2, 0.25) is 0 Å². The molecule has 3 aromatic rings. The molecule has 2 amide bonds. The predicted octanol–water partition coefficient (Wildman–Crippen LogP) is 3.54. The molecule has 0 aliphatic rings. The first-order valence-electron chi connectivity index (χ1n) is 9.02. The van der Waals surface area contributed by atoms with Crippen molar-refractivity contribution in [3.05, 3.63) is 107 Å². The minimum atomic E-state index is -0.817. The molecule has 0 fully saturated rings. The SMILES string of the molecule is O=C(Cc1ccccc1)NC(NC(=O)Cc1ccccc1)c1cccc(F)c1. The molecule has 28 heavy (non-hydrogen) atoms. The van der Waals surface area contributed by atoms with Gasteiger partial charge in [-0.05, 0) is 28.8 Å². The van der Waals surface area contributed by atoms with E-state index in [0.717, 1.165) is 11.1 Å². The number of nitrogens with one attached hydrogen (secondary N) is 2. The molecule has 0 bridgehead atoms. The predicted molar refractivity (Wildman–Crippen MR) is 106 cm³/mol. The van der Waals surface area contributed by atoms with Gasteiger partial charge in [-0.3, -0.25) is 9.59 Å². The topological polar surface area (TPSA) is 58.2 Å². The highest BCUT2D eigenvalue weighted by atomic mass is 19.1. The Bertz CT molecular complexity index is 874. The fourth-order valence-electron chi connectivity index (χ4n) is 2.88. The molecule has 0 heterocycles. The normalized spacial score (nSPS) is 10.5. The first kappa shape index (κ1) is 19.3. The van der Waals surface area contributed by atoms with Crippen molar-refractivity contribution in [1.29, 1.82) is 0 Å². The van der Waals surface area contributed by atoms with Gasteiger partial charge in [0.15, 0.2) is 0 Å². The monoisotopic (exact) mass is 376 g/mol. The molecular formula is C23H21FN2O2. The Morgan fingerprint density at radius 1 is 0.714 bits per heavy atom. The zero-order chi connectivity index (χ0) is 19.8. The van der Waals surface area contributed by atoms with E-state index in [1.807, 2.05) is 60.7 Å². The highest BCUT2D eigenvalue weighted by Gasteiger charge is 2.18. The van der Waals surface area contributed by atoms with Crippen molar-refractivity contribution in [1.82, 2.24) is 10.6 Å². The lowest BCUT2D eigenvalue weighted by atomic mass is 10.1. The largest absolute Gasteiger partial charge is 0.332 e. The molecule has 0 aliphatic heterocycles. The van der Waals surface area contributed by atoms with Crippen LogP contribution >= 0.6 is 0 Å². The zero-order valence-corrected chi connectivity index (χ0v) is 15.3. The fraction of sp³-hybridized carbons (Fsp3) is 0.130. The molecular weight excluding hydrogens is 355 g/mol. The molecule has 0 radical (unpaired) electrons. The summed E-state index contributed by atoms with van der Waals surface area (Å²) in [7, 11) is 0. The molecule has 0 spiro atoms. The summed E-state index contributed by atoms with van der Waals surface area (Å²) in [5.41, 5.74) is 2.19. The Kier molecular flexibility index (Phi) is 6.52. The van der Waals surface area contributed by atoms with Crippen molar-refractivity contribution in [2.75, 3.05) is 0 Å². The third-order valence-corrected chi connectivity index (χ3v) is 4.21. The summed E-state index contributed by atoms with van der Waals surface area (Å²) in [4.78, 5) is 24.9. The summed E-state index contributed by atoms with van der Waals surface area (Å²) in [6.07, 6.45) is -0.481. The van der Waals surface area contributed by atoms with Crippen LogP contribution in [0.25, 0.3) is 0 Å². The first-order chi connectivity index (χ1) is 13.6. The van der Waals surface area contributed by atoms with Gasteiger partial charge in [-0.1, -0.05) is 72.8 Å². The van der Waals surface area contributed by atoms with Crippen LogP contribution in [-0.4, -0.2) is 11.8 Å². The standard InChI is InChI=1S/C23H21FN2O2/c24-20-13-7-12-19(16-20)23(25-21(27)14-17-8-3-1-4-9-17)26-22(28)15-18-10-5-2-6-11-18/h1-13,16,23H,14-15H2,(H,25,27)(H,26,28). The Balaban J connectivity index is 1.71. The van der Waals surface area contributed by atoms with Crippen molar-refractivity contribution >= 4 is 11.8 Å². The summed E-state index contributed by atoms with van der Waals surface area (Å²) in [6, 6.07) is 24.4. The highest BCUT2D eigenvalue weighted by Crippen LogP contribution is 2.13. The number of carbonyl (C=O) groups excluding carboxylic acids is 2. The van der Waals surface area contributed by atoms with Gasteiger partial charge in [0, 0.05) is 0 Å². The zero-order valence-electron chi connectivity index (χ0n) is 15.3. The van der Waals surface area contributed by atoms with E-state index in [1.165, 1.54) is 12.1 Å². The van der Waals surface area contributed by atoms with E-state index >= 15 is 0 Å². The quantitative estimate of drug-likeness (QED) is 0.620. The lowest BCUT2D eigenvalue weighted by molar-refractivity contribution is -0.123. The van der Waals surface area contributed by atoms with E-state index in [1.54, 1.807) is 12.1 Å². The van der Waals surface area contributed by atoms with Crippen molar-refractivity contribution in [3.8, 4) is 0 Å². The molecule has 4 nitrogen and oxygen atoms in total. The number of amides is 2. The minimum Gasteiger partial charge on any atom is -0.332 e. The molecule has 3 rings (SSSR count). The van der Waals surface area contributed by atoms with Gasteiger partial charge in [-0.2, -0.15) is 0 Å². The third-order valence-electron chi connectivity index (χ3n) is 4.21. The molecule has 0 atom stereocenters. The molecule has 0 saturated carbocycles. The Morgan fingerprint density at radius 2 is 1.21 bits per heavy atom. The summed E-state index contributed by atoms with van der Waals surface area (Å²) in [5.74, 6) is -0.960. The number of rotatable bonds is 7. The Morgan fingerprint density at radius 3 is 1.68 bits per heavy atom. The van der Waals surface area contributed by atoms with Crippen LogP contribution in [-0.2, 0) is 22.4 Å². The van der Waals surface area contributed by atoms with Gasteiger partial charge in [0.2, 0.25) is 11.8 Å². The maximum Gasteiger partial charge on any atom is 0.226 e. The van der Waals surface area contributed by atoms with E-state index in [9.17, 15) is 14.0 Å². The van der Waals surface area contributed by atoms with Gasteiger partial charge < -0.3 is 10.6 Å². The van der Waals surface area contributed by atoms with Crippen molar-refractivity contribution in [2.45, 2.75) is 19.0 Å². The van der Waals surface area contributed by atoms with Crippen LogP contribution in [0.3, 0.4) is 0 Å². The molecule has 0 unspecified atom stereocenters. The van der Waals surface area contributed by atoms with Gasteiger partial charge in [-0.15, -0.1) is 0 Å². The number of halogens is 1. The smallest absolute Gasteiger partial charge is 0.226 e. The highest BCUT2D eigenvalue weighted by molar-refractivity contribution is 5.82. The Labute approximate surface area is 163 Å². The molecule has 0 aliphatic carbocycles. The van der Waals surface area contributed by atoms with Crippen molar-refractivity contribution < 1.29 is 14.0 Å². The average Bonchev–Trinajstić information content (AvgIpc) is 2.69. The van der Waals surface area contributed by atoms with Crippen molar-refractivity contribution in [2.24, 2.45) is 0 Å². The van der Waals surface area contributed by atoms with Gasteiger partial charge in [0.05, 0.1) is 12.8 Å². The number of carbonyl (C=O) groups is 2. The Hall–Kier alpha value is -3.47. The lowest BCUT2D eigenvalue weighted by Gasteiger charge is -2.21. The molecule has 5 heteroatoms. The van der Waals surface area contributed by atoms with Gasteiger partial charge in [0.25, 0.3) is 0 Å². The van der Waals surface area contributed by atoms with Crippen LogP contribution in [0.1, 0.15) is 22.9 Å². The van der Waals surface area contributed by atoms with Crippen LogP contribution in [0.15, 0.2) is 84.9 Å². The number of benzene rings is 3. The summed E-state index contributed by atoms with van der Waals surface area (Å²) in [6.45, 7) is 0. The lowest BCUT2D eigenvalue weighted by Crippen LogP contribution is -2.42. The van der Waals surface area contributed by atoms with Gasteiger partial charge >= 0.3 is 0 Å². The van der Waals surface area contributed by atoms with Crippen LogP contribution < -0.4 is 10.6 Å². The third kappa shape index (κ3) is 5.77. The van der Waals surface area contributed by atoms with Gasteiger partial charge in [-0.25, -0.2) is 4.39 Å². The second-order valence-corrected chi connectivity index (χ2v) is 6.45. The molecule has 0 aromatic heterocycles. The van der Waals surface area contributed by atoms with E-state index in [0.29, 0.717) is 5.56 Å². The van der Waals surface area contributed by atoms with Crippen LogP contribution in [0.4, 0.5) is 4.39 Å². The maximum atomic E-state index is 13.7.